The highest BCUT2D eigenvalue weighted by molar-refractivity contribution is 7.09. The fourth-order valence-corrected chi connectivity index (χ4v) is 1.94. The Labute approximate surface area is 95.9 Å². The van der Waals surface area contributed by atoms with Crippen LogP contribution >= 0.6 is 11.3 Å². The second kappa shape index (κ2) is 6.93. The molecule has 1 N–H and O–H groups in total. The van der Waals surface area contributed by atoms with Gasteiger partial charge in [0.05, 0.1) is 17.3 Å². The predicted octanol–water partition coefficient (Wildman–Crippen LogP) is 2.22. The van der Waals surface area contributed by atoms with Gasteiger partial charge in [0.25, 0.3) is 0 Å². The van der Waals surface area contributed by atoms with Gasteiger partial charge < -0.3 is 10.1 Å². The summed E-state index contributed by atoms with van der Waals surface area (Å²) in [6.07, 6.45) is 0.931. The molecule has 0 spiro atoms. The minimum absolute atomic E-state index is 0.513. The third-order valence-corrected chi connectivity index (χ3v) is 2.91. The molecule has 15 heavy (non-hydrogen) atoms. The van der Waals surface area contributed by atoms with Crippen molar-refractivity contribution >= 4 is 11.3 Å². The number of nitrogens with zero attached hydrogens (tertiary/aromatic N) is 1. The molecule has 0 aliphatic carbocycles. The lowest BCUT2D eigenvalue weighted by Crippen LogP contribution is -2.21. The van der Waals surface area contributed by atoms with Crippen LogP contribution in [-0.4, -0.2) is 24.2 Å². The number of thiazole rings is 1. The van der Waals surface area contributed by atoms with E-state index in [0.29, 0.717) is 6.04 Å². The summed E-state index contributed by atoms with van der Waals surface area (Å²) in [6, 6.07) is 0.513. The lowest BCUT2D eigenvalue weighted by molar-refractivity contribution is 0.151. The van der Waals surface area contributed by atoms with Gasteiger partial charge >= 0.3 is 0 Å². The number of rotatable bonds is 7. The summed E-state index contributed by atoms with van der Waals surface area (Å²) in [5, 5.41) is 6.65. The van der Waals surface area contributed by atoms with Crippen LogP contribution in [0.3, 0.4) is 0 Å². The Kier molecular flexibility index (Phi) is 5.83. The molecule has 1 aromatic rings. The van der Waals surface area contributed by atoms with Gasteiger partial charge in [-0.25, -0.2) is 4.98 Å². The summed E-state index contributed by atoms with van der Waals surface area (Å²) in [7, 11) is 0. The first-order valence-electron chi connectivity index (χ1n) is 5.46. The molecular weight excluding hydrogens is 208 g/mol. The summed E-state index contributed by atoms with van der Waals surface area (Å²) in [5.41, 5.74) is 1.14. The van der Waals surface area contributed by atoms with Crippen LogP contribution in [0.1, 0.15) is 31.5 Å². The van der Waals surface area contributed by atoms with E-state index < -0.39 is 0 Å². The number of hydrogen-bond acceptors (Lipinski definition) is 4. The van der Waals surface area contributed by atoms with Crippen LogP contribution in [0.4, 0.5) is 0 Å². The standard InChI is InChI=1S/C11H20N2OS/c1-4-14-6-5-11-13-10(8-15-11)7-12-9(2)3/h8-9,12H,4-7H2,1-3H3. The first-order chi connectivity index (χ1) is 7.22. The number of nitrogens with one attached hydrogen (secondary N) is 1. The Morgan fingerprint density at radius 3 is 3.00 bits per heavy atom. The largest absolute Gasteiger partial charge is 0.381 e. The van der Waals surface area contributed by atoms with Crippen molar-refractivity contribution in [1.29, 1.82) is 0 Å². The van der Waals surface area contributed by atoms with Crippen molar-refractivity contribution in [3.8, 4) is 0 Å². The normalized spacial score (nSPS) is 11.2. The van der Waals surface area contributed by atoms with Crippen molar-refractivity contribution in [3.63, 3.8) is 0 Å². The zero-order valence-electron chi connectivity index (χ0n) is 9.75. The number of aromatic nitrogens is 1. The van der Waals surface area contributed by atoms with Gasteiger partial charge in [-0.05, 0) is 6.92 Å². The van der Waals surface area contributed by atoms with Crippen LogP contribution in [0.2, 0.25) is 0 Å². The molecule has 4 heteroatoms. The molecule has 0 atom stereocenters. The number of hydrogen-bond donors (Lipinski definition) is 1. The second-order valence-electron chi connectivity index (χ2n) is 3.72. The highest BCUT2D eigenvalue weighted by Gasteiger charge is 2.02. The van der Waals surface area contributed by atoms with E-state index >= 15 is 0 Å². The van der Waals surface area contributed by atoms with Crippen molar-refractivity contribution in [2.45, 2.75) is 39.8 Å². The first kappa shape index (κ1) is 12.6. The third kappa shape index (κ3) is 5.25. The molecule has 1 aromatic heterocycles. The van der Waals surface area contributed by atoms with E-state index in [2.05, 4.69) is 29.5 Å². The van der Waals surface area contributed by atoms with Gasteiger partial charge in [-0.15, -0.1) is 11.3 Å². The molecule has 0 aromatic carbocycles. The van der Waals surface area contributed by atoms with E-state index in [9.17, 15) is 0 Å². The van der Waals surface area contributed by atoms with E-state index in [4.69, 9.17) is 4.74 Å². The summed E-state index contributed by atoms with van der Waals surface area (Å²) in [6.45, 7) is 8.72. The van der Waals surface area contributed by atoms with Gasteiger partial charge in [0.2, 0.25) is 0 Å². The minimum atomic E-state index is 0.513. The Balaban J connectivity index is 2.29. The lowest BCUT2D eigenvalue weighted by atomic mass is 10.3. The van der Waals surface area contributed by atoms with Crippen LogP contribution in [-0.2, 0) is 17.7 Å². The molecule has 0 radical (unpaired) electrons. The molecule has 0 aliphatic heterocycles. The minimum Gasteiger partial charge on any atom is -0.381 e. The molecule has 0 unspecified atom stereocenters. The van der Waals surface area contributed by atoms with Gasteiger partial charge in [-0.1, -0.05) is 13.8 Å². The average Bonchev–Trinajstić information content (AvgIpc) is 2.63. The third-order valence-electron chi connectivity index (χ3n) is 1.96. The summed E-state index contributed by atoms with van der Waals surface area (Å²) in [5.74, 6) is 0. The second-order valence-corrected chi connectivity index (χ2v) is 4.66. The molecule has 3 nitrogen and oxygen atoms in total. The smallest absolute Gasteiger partial charge is 0.0951 e. The maximum absolute atomic E-state index is 5.30. The zero-order valence-corrected chi connectivity index (χ0v) is 10.6. The van der Waals surface area contributed by atoms with Crippen molar-refractivity contribution in [3.05, 3.63) is 16.1 Å². The van der Waals surface area contributed by atoms with Gasteiger partial charge in [0, 0.05) is 31.0 Å². The number of ether oxygens (including phenoxy) is 1. The summed E-state index contributed by atoms with van der Waals surface area (Å²) in [4.78, 5) is 4.53. The van der Waals surface area contributed by atoms with Gasteiger partial charge in [0.1, 0.15) is 0 Å². The average molecular weight is 228 g/mol. The van der Waals surface area contributed by atoms with Crippen LogP contribution in [0.15, 0.2) is 5.38 Å². The fourth-order valence-electron chi connectivity index (χ4n) is 1.16. The highest BCUT2D eigenvalue weighted by atomic mass is 32.1. The Bertz CT molecular complexity index is 273. The van der Waals surface area contributed by atoms with E-state index in [-0.39, 0.29) is 0 Å². The van der Waals surface area contributed by atoms with E-state index in [1.165, 1.54) is 5.01 Å². The molecule has 0 amide bonds. The van der Waals surface area contributed by atoms with Gasteiger partial charge in [-0.3, -0.25) is 0 Å². The van der Waals surface area contributed by atoms with E-state index in [1.807, 2.05) is 6.92 Å². The molecule has 0 saturated carbocycles. The highest BCUT2D eigenvalue weighted by Crippen LogP contribution is 2.10. The van der Waals surface area contributed by atoms with Crippen molar-refractivity contribution < 1.29 is 4.74 Å². The molecule has 1 heterocycles. The molecule has 0 bridgehead atoms. The van der Waals surface area contributed by atoms with Crippen molar-refractivity contribution in [1.82, 2.24) is 10.3 Å². The summed E-state index contributed by atoms with van der Waals surface area (Å²) < 4.78 is 5.30. The molecule has 86 valence electrons. The molecule has 0 fully saturated rings. The van der Waals surface area contributed by atoms with Crippen molar-refractivity contribution in [2.75, 3.05) is 13.2 Å². The van der Waals surface area contributed by atoms with Gasteiger partial charge in [-0.2, -0.15) is 0 Å². The Morgan fingerprint density at radius 2 is 2.33 bits per heavy atom. The van der Waals surface area contributed by atoms with E-state index in [0.717, 1.165) is 31.9 Å². The maximum Gasteiger partial charge on any atom is 0.0951 e. The molecular formula is C11H20N2OS. The van der Waals surface area contributed by atoms with Crippen molar-refractivity contribution in [2.24, 2.45) is 0 Å². The van der Waals surface area contributed by atoms with Gasteiger partial charge in [0.15, 0.2) is 0 Å². The molecule has 1 rings (SSSR count). The molecule has 0 saturated heterocycles. The lowest BCUT2D eigenvalue weighted by Gasteiger charge is -2.04. The Morgan fingerprint density at radius 1 is 1.53 bits per heavy atom. The SMILES string of the molecule is CCOCCc1nc(CNC(C)C)cs1. The monoisotopic (exact) mass is 228 g/mol. The van der Waals surface area contributed by atoms with Crippen LogP contribution in [0.25, 0.3) is 0 Å². The summed E-state index contributed by atoms with van der Waals surface area (Å²) >= 11 is 1.72. The van der Waals surface area contributed by atoms with Crippen LogP contribution < -0.4 is 5.32 Å². The maximum atomic E-state index is 5.30. The quantitative estimate of drug-likeness (QED) is 0.727. The topological polar surface area (TPSA) is 34.1 Å². The predicted molar refractivity (Wildman–Crippen MR) is 64.3 cm³/mol. The van der Waals surface area contributed by atoms with Crippen LogP contribution in [0, 0.1) is 0 Å². The Hall–Kier alpha value is -0.450. The zero-order chi connectivity index (χ0) is 11.1. The molecule has 0 aliphatic rings. The first-order valence-corrected chi connectivity index (χ1v) is 6.34. The fraction of sp³-hybridized carbons (Fsp3) is 0.727. The van der Waals surface area contributed by atoms with Crippen LogP contribution in [0.5, 0.6) is 0 Å². The van der Waals surface area contributed by atoms with E-state index in [1.54, 1.807) is 11.3 Å².